The van der Waals surface area contributed by atoms with Crippen molar-refractivity contribution >= 4 is 5.71 Å². The predicted molar refractivity (Wildman–Crippen MR) is 129 cm³/mol. The first-order valence-electron chi connectivity index (χ1n) is 11.1. The van der Waals surface area contributed by atoms with E-state index in [1.54, 1.807) is 14.2 Å². The molecule has 5 rings (SSSR count). The van der Waals surface area contributed by atoms with Crippen LogP contribution in [-0.2, 0) is 0 Å². The maximum Gasteiger partial charge on any atom is 0.161 e. The summed E-state index contributed by atoms with van der Waals surface area (Å²) in [6.45, 7) is 5.83. The summed E-state index contributed by atoms with van der Waals surface area (Å²) in [6.07, 6.45) is 0. The fourth-order valence-electron chi connectivity index (χ4n) is 4.92. The van der Waals surface area contributed by atoms with Crippen LogP contribution in [0.1, 0.15) is 29.7 Å². The van der Waals surface area contributed by atoms with E-state index in [9.17, 15) is 0 Å². The second-order valence-corrected chi connectivity index (χ2v) is 8.32. The average Bonchev–Trinajstić information content (AvgIpc) is 3.18. The van der Waals surface area contributed by atoms with Gasteiger partial charge in [-0.2, -0.15) is 5.10 Å². The standard InChI is InChI=1S/C27H29N3O2/c1-19(20-12-13-25(31-2)26(18-20)32-3)28-30-16-14-29(15-17-30)27-23-10-6-4-8-21(23)22-9-5-7-11-24(22)27/h4-13,18,27H,14-17H2,1-3H3. The Morgan fingerprint density at radius 1 is 0.781 bits per heavy atom. The zero-order valence-corrected chi connectivity index (χ0v) is 18.9. The van der Waals surface area contributed by atoms with Gasteiger partial charge >= 0.3 is 0 Å². The zero-order chi connectivity index (χ0) is 22.1. The number of piperazine rings is 1. The van der Waals surface area contributed by atoms with Crippen LogP contribution >= 0.6 is 0 Å². The monoisotopic (exact) mass is 427 g/mol. The van der Waals surface area contributed by atoms with Crippen LogP contribution in [0, 0.1) is 0 Å². The molecule has 1 heterocycles. The number of ether oxygens (including phenoxy) is 2. The van der Waals surface area contributed by atoms with Crippen molar-refractivity contribution in [2.24, 2.45) is 5.10 Å². The van der Waals surface area contributed by atoms with E-state index in [0.717, 1.165) is 49.0 Å². The number of nitrogens with zero attached hydrogens (tertiary/aromatic N) is 3. The molecule has 0 spiro atoms. The van der Waals surface area contributed by atoms with Crippen molar-refractivity contribution in [1.82, 2.24) is 9.91 Å². The number of fused-ring (bicyclic) bond motifs is 3. The van der Waals surface area contributed by atoms with E-state index >= 15 is 0 Å². The Morgan fingerprint density at radius 3 is 1.97 bits per heavy atom. The fourth-order valence-corrected chi connectivity index (χ4v) is 4.92. The van der Waals surface area contributed by atoms with Gasteiger partial charge in [-0.1, -0.05) is 48.5 Å². The summed E-state index contributed by atoms with van der Waals surface area (Å²) in [5, 5.41) is 7.10. The van der Waals surface area contributed by atoms with Gasteiger partial charge in [-0.25, -0.2) is 0 Å². The largest absolute Gasteiger partial charge is 0.493 e. The first-order chi connectivity index (χ1) is 15.7. The molecule has 0 unspecified atom stereocenters. The fraction of sp³-hybridized carbons (Fsp3) is 0.296. The molecule has 1 fully saturated rings. The maximum absolute atomic E-state index is 5.45. The summed E-state index contributed by atoms with van der Waals surface area (Å²) in [5.74, 6) is 1.46. The molecule has 0 amide bonds. The molecule has 5 heteroatoms. The van der Waals surface area contributed by atoms with Gasteiger partial charge in [-0.3, -0.25) is 9.91 Å². The molecule has 1 aliphatic heterocycles. The lowest BCUT2D eigenvalue weighted by Gasteiger charge is -2.37. The van der Waals surface area contributed by atoms with Gasteiger partial charge in [-0.05, 0) is 47.4 Å². The van der Waals surface area contributed by atoms with E-state index in [2.05, 4.69) is 65.4 Å². The maximum atomic E-state index is 5.45. The Hall–Kier alpha value is -3.31. The molecule has 164 valence electrons. The molecular formula is C27H29N3O2. The number of benzene rings is 3. The van der Waals surface area contributed by atoms with Gasteiger partial charge < -0.3 is 9.47 Å². The van der Waals surface area contributed by atoms with E-state index in [0.29, 0.717) is 6.04 Å². The summed E-state index contributed by atoms with van der Waals surface area (Å²) in [4.78, 5) is 2.60. The highest BCUT2D eigenvalue weighted by atomic mass is 16.5. The van der Waals surface area contributed by atoms with Crippen molar-refractivity contribution < 1.29 is 9.47 Å². The molecule has 3 aromatic carbocycles. The van der Waals surface area contributed by atoms with Crippen LogP contribution in [-0.4, -0.2) is 56.0 Å². The minimum Gasteiger partial charge on any atom is -0.493 e. The molecule has 0 aromatic heterocycles. The van der Waals surface area contributed by atoms with E-state index < -0.39 is 0 Å². The Labute approximate surface area is 189 Å². The van der Waals surface area contributed by atoms with Crippen LogP contribution in [0.15, 0.2) is 71.8 Å². The van der Waals surface area contributed by atoms with Crippen LogP contribution < -0.4 is 9.47 Å². The second-order valence-electron chi connectivity index (χ2n) is 8.32. The molecule has 0 bridgehead atoms. The molecular weight excluding hydrogens is 398 g/mol. The Kier molecular flexibility index (Phi) is 5.58. The number of hydrazone groups is 1. The number of hydrogen-bond donors (Lipinski definition) is 0. The zero-order valence-electron chi connectivity index (χ0n) is 18.9. The van der Waals surface area contributed by atoms with E-state index in [1.807, 2.05) is 18.2 Å². The second kappa shape index (κ2) is 8.67. The summed E-state index contributed by atoms with van der Waals surface area (Å²) < 4.78 is 10.8. The smallest absolute Gasteiger partial charge is 0.161 e. The number of hydrogen-bond acceptors (Lipinski definition) is 5. The highest BCUT2D eigenvalue weighted by Gasteiger charge is 2.34. The minimum absolute atomic E-state index is 0.334. The average molecular weight is 428 g/mol. The SMILES string of the molecule is COc1ccc(C(C)=NN2CCN(C3c4ccccc4-c4ccccc43)CC2)cc1OC. The van der Waals surface area contributed by atoms with E-state index in [-0.39, 0.29) is 0 Å². The molecule has 32 heavy (non-hydrogen) atoms. The van der Waals surface area contributed by atoms with Crippen molar-refractivity contribution in [2.75, 3.05) is 40.4 Å². The number of methoxy groups -OCH3 is 2. The van der Waals surface area contributed by atoms with Crippen molar-refractivity contribution in [3.8, 4) is 22.6 Å². The lowest BCUT2D eigenvalue weighted by molar-refractivity contribution is 0.114. The van der Waals surface area contributed by atoms with Crippen molar-refractivity contribution in [1.29, 1.82) is 0 Å². The van der Waals surface area contributed by atoms with Gasteiger partial charge in [0, 0.05) is 31.7 Å². The van der Waals surface area contributed by atoms with Crippen molar-refractivity contribution in [2.45, 2.75) is 13.0 Å². The van der Waals surface area contributed by atoms with Crippen molar-refractivity contribution in [3.05, 3.63) is 83.4 Å². The lowest BCUT2D eigenvalue weighted by atomic mass is 10.0. The molecule has 5 nitrogen and oxygen atoms in total. The van der Waals surface area contributed by atoms with Gasteiger partial charge in [0.2, 0.25) is 0 Å². The first kappa shape index (κ1) is 20.6. The van der Waals surface area contributed by atoms with Crippen LogP contribution in [0.3, 0.4) is 0 Å². The Morgan fingerprint density at radius 2 is 1.38 bits per heavy atom. The summed E-state index contributed by atoms with van der Waals surface area (Å²) >= 11 is 0. The van der Waals surface area contributed by atoms with E-state index in [1.165, 1.54) is 22.3 Å². The third kappa shape index (κ3) is 3.63. The molecule has 0 radical (unpaired) electrons. The highest BCUT2D eigenvalue weighted by Crippen LogP contribution is 2.46. The summed E-state index contributed by atoms with van der Waals surface area (Å²) in [5.41, 5.74) is 7.62. The molecule has 0 saturated carbocycles. The van der Waals surface area contributed by atoms with Crippen LogP contribution in [0.2, 0.25) is 0 Å². The molecule has 0 N–H and O–H groups in total. The molecule has 1 saturated heterocycles. The lowest BCUT2D eigenvalue weighted by Crippen LogP contribution is -2.45. The Bertz CT molecular complexity index is 1100. The van der Waals surface area contributed by atoms with Crippen LogP contribution in [0.4, 0.5) is 0 Å². The molecule has 0 atom stereocenters. The molecule has 2 aliphatic rings. The normalized spacial score (nSPS) is 16.6. The molecule has 3 aromatic rings. The topological polar surface area (TPSA) is 37.3 Å². The summed E-state index contributed by atoms with van der Waals surface area (Å²) in [7, 11) is 3.31. The first-order valence-corrected chi connectivity index (χ1v) is 11.1. The van der Waals surface area contributed by atoms with Crippen LogP contribution in [0.25, 0.3) is 11.1 Å². The van der Waals surface area contributed by atoms with Gasteiger partial charge in [0.1, 0.15) is 0 Å². The molecule has 1 aliphatic carbocycles. The third-order valence-electron chi connectivity index (χ3n) is 6.55. The quantitative estimate of drug-likeness (QED) is 0.548. The summed E-state index contributed by atoms with van der Waals surface area (Å²) in [6, 6.07) is 23.9. The van der Waals surface area contributed by atoms with Crippen LogP contribution in [0.5, 0.6) is 11.5 Å². The van der Waals surface area contributed by atoms with Gasteiger partial charge in [0.15, 0.2) is 11.5 Å². The highest BCUT2D eigenvalue weighted by molar-refractivity contribution is 5.99. The van der Waals surface area contributed by atoms with Crippen molar-refractivity contribution in [3.63, 3.8) is 0 Å². The number of rotatable bonds is 5. The Balaban J connectivity index is 1.32. The van der Waals surface area contributed by atoms with Gasteiger partial charge in [0.25, 0.3) is 0 Å². The van der Waals surface area contributed by atoms with E-state index in [4.69, 9.17) is 14.6 Å². The van der Waals surface area contributed by atoms with Gasteiger partial charge in [-0.15, -0.1) is 0 Å². The predicted octanol–water partition coefficient (Wildman–Crippen LogP) is 4.82. The minimum atomic E-state index is 0.334. The third-order valence-corrected chi connectivity index (χ3v) is 6.55. The van der Waals surface area contributed by atoms with Gasteiger partial charge in [0.05, 0.1) is 26.0 Å².